The Bertz CT molecular complexity index is 769. The quantitative estimate of drug-likeness (QED) is 0.831. The van der Waals surface area contributed by atoms with Gasteiger partial charge in [0.1, 0.15) is 0 Å². The minimum atomic E-state index is -0.313. The number of benzene rings is 1. The number of anilines is 1. The molecule has 5 nitrogen and oxygen atoms in total. The van der Waals surface area contributed by atoms with Crippen LogP contribution in [0.25, 0.3) is 0 Å². The predicted molar refractivity (Wildman–Crippen MR) is 106 cm³/mol. The first-order valence-electron chi connectivity index (χ1n) is 8.28. The number of carbonyl (C=O) groups is 2. The third-order valence-corrected chi connectivity index (χ3v) is 5.68. The van der Waals surface area contributed by atoms with Crippen molar-refractivity contribution in [2.75, 3.05) is 31.5 Å². The third-order valence-electron chi connectivity index (χ3n) is 4.39. The molecule has 1 fully saturated rings. The number of hydrogen-bond donors (Lipinski definition) is 1. The molecule has 1 saturated heterocycles. The maximum atomic E-state index is 12.5. The standard InChI is InChI=1S/C18H19Cl2N3O2S/c1-12(17(24)21-15-10-13(19)9-14(20)11-15)22-4-6-23(7-5-22)18(25)16-3-2-8-26-16/h2-3,8-12H,4-7H2,1H3,(H,21,24)/t12-/m0/s1. The number of nitrogens with zero attached hydrogens (tertiary/aromatic N) is 2. The lowest BCUT2D eigenvalue weighted by molar-refractivity contribution is -0.121. The van der Waals surface area contributed by atoms with Crippen LogP contribution >= 0.6 is 34.5 Å². The molecule has 2 amide bonds. The smallest absolute Gasteiger partial charge is 0.264 e. The Balaban J connectivity index is 1.55. The minimum Gasteiger partial charge on any atom is -0.335 e. The van der Waals surface area contributed by atoms with Gasteiger partial charge in [0.25, 0.3) is 5.91 Å². The summed E-state index contributed by atoms with van der Waals surface area (Å²) >= 11 is 13.4. The Morgan fingerprint density at radius 2 is 1.77 bits per heavy atom. The summed E-state index contributed by atoms with van der Waals surface area (Å²) in [6.07, 6.45) is 0. The summed E-state index contributed by atoms with van der Waals surface area (Å²) in [6.45, 7) is 4.39. The second-order valence-corrected chi connectivity index (χ2v) is 7.95. The van der Waals surface area contributed by atoms with Crippen molar-refractivity contribution in [2.45, 2.75) is 13.0 Å². The molecular formula is C18H19Cl2N3O2S. The first-order valence-corrected chi connectivity index (χ1v) is 9.91. The van der Waals surface area contributed by atoms with Gasteiger partial charge in [0.15, 0.2) is 0 Å². The lowest BCUT2D eigenvalue weighted by Crippen LogP contribution is -2.53. The van der Waals surface area contributed by atoms with E-state index in [4.69, 9.17) is 23.2 Å². The molecule has 1 aliphatic heterocycles. The second-order valence-electron chi connectivity index (χ2n) is 6.13. The summed E-state index contributed by atoms with van der Waals surface area (Å²) in [7, 11) is 0. The largest absolute Gasteiger partial charge is 0.335 e. The van der Waals surface area contributed by atoms with E-state index >= 15 is 0 Å². The maximum absolute atomic E-state index is 12.5. The van der Waals surface area contributed by atoms with E-state index in [0.29, 0.717) is 41.9 Å². The highest BCUT2D eigenvalue weighted by Gasteiger charge is 2.28. The number of thiophene rings is 1. The molecule has 2 heterocycles. The van der Waals surface area contributed by atoms with Gasteiger partial charge in [0.2, 0.25) is 5.91 Å². The van der Waals surface area contributed by atoms with Crippen LogP contribution in [0.4, 0.5) is 5.69 Å². The van der Waals surface area contributed by atoms with Crippen molar-refractivity contribution in [3.05, 3.63) is 50.6 Å². The Morgan fingerprint density at radius 1 is 1.12 bits per heavy atom. The zero-order valence-corrected chi connectivity index (χ0v) is 16.6. The van der Waals surface area contributed by atoms with Crippen molar-refractivity contribution in [3.8, 4) is 0 Å². The summed E-state index contributed by atoms with van der Waals surface area (Å²) in [4.78, 5) is 29.6. The summed E-state index contributed by atoms with van der Waals surface area (Å²) in [6, 6.07) is 8.35. The van der Waals surface area contributed by atoms with Crippen LogP contribution in [0, 0.1) is 0 Å². The molecule has 3 rings (SSSR count). The lowest BCUT2D eigenvalue weighted by Gasteiger charge is -2.37. The highest BCUT2D eigenvalue weighted by molar-refractivity contribution is 7.12. The molecule has 138 valence electrons. The average Bonchev–Trinajstić information content (AvgIpc) is 3.14. The Morgan fingerprint density at radius 3 is 2.35 bits per heavy atom. The van der Waals surface area contributed by atoms with E-state index in [2.05, 4.69) is 10.2 Å². The van der Waals surface area contributed by atoms with Crippen LogP contribution in [0.3, 0.4) is 0 Å². The van der Waals surface area contributed by atoms with E-state index in [1.807, 2.05) is 29.3 Å². The van der Waals surface area contributed by atoms with E-state index < -0.39 is 0 Å². The van der Waals surface area contributed by atoms with Crippen molar-refractivity contribution >= 4 is 52.0 Å². The molecule has 1 aromatic carbocycles. The molecule has 1 atom stereocenters. The van der Waals surface area contributed by atoms with Gasteiger partial charge in [-0.05, 0) is 36.6 Å². The molecule has 0 bridgehead atoms. The molecule has 0 saturated carbocycles. The van der Waals surface area contributed by atoms with Crippen molar-refractivity contribution in [1.29, 1.82) is 0 Å². The molecule has 26 heavy (non-hydrogen) atoms. The van der Waals surface area contributed by atoms with Crippen LogP contribution in [0.1, 0.15) is 16.6 Å². The van der Waals surface area contributed by atoms with Gasteiger partial charge in [-0.2, -0.15) is 0 Å². The molecule has 0 spiro atoms. The molecule has 0 radical (unpaired) electrons. The fraction of sp³-hybridized carbons (Fsp3) is 0.333. The zero-order valence-electron chi connectivity index (χ0n) is 14.2. The van der Waals surface area contributed by atoms with Crippen LogP contribution in [0.2, 0.25) is 10.0 Å². The van der Waals surface area contributed by atoms with Gasteiger partial charge >= 0.3 is 0 Å². The van der Waals surface area contributed by atoms with E-state index in [1.54, 1.807) is 18.2 Å². The lowest BCUT2D eigenvalue weighted by atomic mass is 10.2. The third kappa shape index (κ3) is 4.57. The summed E-state index contributed by atoms with van der Waals surface area (Å²) in [5.41, 5.74) is 0.575. The first-order chi connectivity index (χ1) is 12.4. The van der Waals surface area contributed by atoms with E-state index in [-0.39, 0.29) is 17.9 Å². The number of carbonyl (C=O) groups excluding carboxylic acids is 2. The maximum Gasteiger partial charge on any atom is 0.264 e. The molecule has 0 aliphatic carbocycles. The number of rotatable bonds is 4. The second kappa shape index (κ2) is 8.39. The van der Waals surface area contributed by atoms with Crippen molar-refractivity contribution in [2.24, 2.45) is 0 Å². The van der Waals surface area contributed by atoms with Gasteiger partial charge in [-0.3, -0.25) is 14.5 Å². The molecular weight excluding hydrogens is 393 g/mol. The van der Waals surface area contributed by atoms with Crippen molar-refractivity contribution < 1.29 is 9.59 Å². The van der Waals surface area contributed by atoms with Crippen molar-refractivity contribution in [1.82, 2.24) is 9.80 Å². The van der Waals surface area contributed by atoms with Crippen LogP contribution in [0.5, 0.6) is 0 Å². The number of nitrogens with one attached hydrogen (secondary N) is 1. The van der Waals surface area contributed by atoms with Crippen LogP contribution in [-0.4, -0.2) is 53.8 Å². The van der Waals surface area contributed by atoms with Crippen molar-refractivity contribution in [3.63, 3.8) is 0 Å². The fourth-order valence-corrected chi connectivity index (χ4v) is 4.12. The Hall–Kier alpha value is -1.60. The van der Waals surface area contributed by atoms with E-state index in [0.717, 1.165) is 4.88 Å². The molecule has 1 aliphatic rings. The SMILES string of the molecule is C[C@@H](C(=O)Nc1cc(Cl)cc(Cl)c1)N1CCN(C(=O)c2cccs2)CC1. The predicted octanol–water partition coefficient (Wildman–Crippen LogP) is 3.84. The van der Waals surface area contributed by atoms with Crippen LogP contribution < -0.4 is 5.32 Å². The van der Waals surface area contributed by atoms with E-state index in [9.17, 15) is 9.59 Å². The van der Waals surface area contributed by atoms with Gasteiger partial charge in [0, 0.05) is 41.9 Å². The normalized spacial score (nSPS) is 16.3. The van der Waals surface area contributed by atoms with Crippen LogP contribution in [-0.2, 0) is 4.79 Å². The monoisotopic (exact) mass is 411 g/mol. The number of hydrogen-bond acceptors (Lipinski definition) is 4. The number of piperazine rings is 1. The Labute approximate surface area is 166 Å². The molecule has 1 N–H and O–H groups in total. The fourth-order valence-electron chi connectivity index (χ4n) is 2.91. The number of amides is 2. The highest BCUT2D eigenvalue weighted by atomic mass is 35.5. The topological polar surface area (TPSA) is 52.7 Å². The zero-order chi connectivity index (χ0) is 18.7. The molecule has 2 aromatic rings. The van der Waals surface area contributed by atoms with Gasteiger partial charge in [0.05, 0.1) is 10.9 Å². The summed E-state index contributed by atoms with van der Waals surface area (Å²) in [5, 5.41) is 5.70. The van der Waals surface area contributed by atoms with Gasteiger partial charge in [-0.25, -0.2) is 0 Å². The van der Waals surface area contributed by atoms with Gasteiger partial charge < -0.3 is 10.2 Å². The Kier molecular flexibility index (Phi) is 6.19. The molecule has 8 heteroatoms. The number of halogens is 2. The summed E-state index contributed by atoms with van der Waals surface area (Å²) < 4.78 is 0. The molecule has 0 unspecified atom stereocenters. The molecule has 1 aromatic heterocycles. The van der Waals surface area contributed by atoms with Gasteiger partial charge in [-0.1, -0.05) is 29.3 Å². The average molecular weight is 412 g/mol. The van der Waals surface area contributed by atoms with Gasteiger partial charge in [-0.15, -0.1) is 11.3 Å². The first kappa shape index (κ1) is 19.2. The highest BCUT2D eigenvalue weighted by Crippen LogP contribution is 2.23. The van der Waals surface area contributed by atoms with Crippen LogP contribution in [0.15, 0.2) is 35.7 Å². The summed E-state index contributed by atoms with van der Waals surface area (Å²) in [5.74, 6) is -0.0632. The minimum absolute atomic E-state index is 0.0605. The van der Waals surface area contributed by atoms with E-state index in [1.165, 1.54) is 11.3 Å².